The number of hydrogen-bond acceptors (Lipinski definition) is 4. The summed E-state index contributed by atoms with van der Waals surface area (Å²) in [5, 5.41) is 2.86. The molecule has 1 unspecified atom stereocenters. The maximum atomic E-state index is 12.1. The van der Waals surface area contributed by atoms with E-state index in [1.165, 1.54) is 13.2 Å². The molecule has 6 nitrogen and oxygen atoms in total. The maximum Gasteiger partial charge on any atom is 0.337 e. The van der Waals surface area contributed by atoms with Gasteiger partial charge in [-0.3, -0.25) is 9.59 Å². The predicted octanol–water partition coefficient (Wildman–Crippen LogP) is 1.12. The van der Waals surface area contributed by atoms with Gasteiger partial charge in [0, 0.05) is 19.6 Å². The molecule has 0 aliphatic carbocycles. The Hall–Kier alpha value is -2.63. The Morgan fingerprint density at radius 3 is 2.65 bits per heavy atom. The topological polar surface area (TPSA) is 75.7 Å². The molecular formula is C17H20N2O4. The van der Waals surface area contributed by atoms with E-state index in [4.69, 9.17) is 0 Å². The van der Waals surface area contributed by atoms with Gasteiger partial charge in [0.25, 0.3) is 0 Å². The van der Waals surface area contributed by atoms with Crippen LogP contribution in [0.15, 0.2) is 36.9 Å². The molecule has 6 heteroatoms. The standard InChI is InChI=1S/C17H20N2O4/c1-3-15(20)19-9-8-14(11-19)16(21)18-10-12-4-6-13(7-5-12)17(22)23-2/h3-7,14H,1,8-11H2,2H3,(H,18,21). The second kappa shape index (κ2) is 7.58. The number of nitrogens with zero attached hydrogens (tertiary/aromatic N) is 1. The van der Waals surface area contributed by atoms with Crippen LogP contribution in [0.4, 0.5) is 0 Å². The molecular weight excluding hydrogens is 296 g/mol. The summed E-state index contributed by atoms with van der Waals surface area (Å²) in [6, 6.07) is 6.87. The van der Waals surface area contributed by atoms with Crippen molar-refractivity contribution in [3.8, 4) is 0 Å². The molecule has 1 N–H and O–H groups in total. The van der Waals surface area contributed by atoms with Gasteiger partial charge in [0.05, 0.1) is 18.6 Å². The average Bonchev–Trinajstić information content (AvgIpc) is 3.09. The lowest BCUT2D eigenvalue weighted by molar-refractivity contribution is -0.126. The number of methoxy groups -OCH3 is 1. The van der Waals surface area contributed by atoms with Crippen LogP contribution in [0.1, 0.15) is 22.3 Å². The Kier molecular flexibility index (Phi) is 5.51. The molecule has 23 heavy (non-hydrogen) atoms. The van der Waals surface area contributed by atoms with E-state index in [-0.39, 0.29) is 17.7 Å². The van der Waals surface area contributed by atoms with Crippen LogP contribution in [0.5, 0.6) is 0 Å². The van der Waals surface area contributed by atoms with Gasteiger partial charge >= 0.3 is 5.97 Å². The van der Waals surface area contributed by atoms with E-state index in [2.05, 4.69) is 16.6 Å². The summed E-state index contributed by atoms with van der Waals surface area (Å²) in [6.07, 6.45) is 1.93. The Labute approximate surface area is 135 Å². The van der Waals surface area contributed by atoms with Gasteiger partial charge in [0.2, 0.25) is 11.8 Å². The summed E-state index contributed by atoms with van der Waals surface area (Å²) in [4.78, 5) is 36.6. The van der Waals surface area contributed by atoms with Gasteiger partial charge in [0.15, 0.2) is 0 Å². The number of nitrogens with one attached hydrogen (secondary N) is 1. The van der Waals surface area contributed by atoms with Gasteiger partial charge < -0.3 is 15.0 Å². The molecule has 1 saturated heterocycles. The number of benzene rings is 1. The monoisotopic (exact) mass is 316 g/mol. The van der Waals surface area contributed by atoms with Gasteiger partial charge in [-0.25, -0.2) is 4.79 Å². The Morgan fingerprint density at radius 2 is 2.04 bits per heavy atom. The molecule has 1 atom stereocenters. The zero-order valence-electron chi connectivity index (χ0n) is 13.1. The molecule has 0 bridgehead atoms. The molecule has 0 spiro atoms. The van der Waals surface area contributed by atoms with Gasteiger partial charge in [-0.05, 0) is 30.2 Å². The van der Waals surface area contributed by atoms with Crippen LogP contribution < -0.4 is 5.32 Å². The predicted molar refractivity (Wildman–Crippen MR) is 84.5 cm³/mol. The van der Waals surface area contributed by atoms with E-state index in [1.54, 1.807) is 29.2 Å². The first-order chi connectivity index (χ1) is 11.0. The van der Waals surface area contributed by atoms with E-state index in [1.807, 2.05) is 0 Å². The lowest BCUT2D eigenvalue weighted by Crippen LogP contribution is -2.33. The van der Waals surface area contributed by atoms with Crippen molar-refractivity contribution in [2.45, 2.75) is 13.0 Å². The van der Waals surface area contributed by atoms with Crippen molar-refractivity contribution in [3.63, 3.8) is 0 Å². The Balaban J connectivity index is 1.84. The van der Waals surface area contributed by atoms with Crippen molar-refractivity contribution < 1.29 is 19.1 Å². The largest absolute Gasteiger partial charge is 0.465 e. The molecule has 1 aliphatic heterocycles. The second-order valence-electron chi connectivity index (χ2n) is 5.38. The van der Waals surface area contributed by atoms with E-state index >= 15 is 0 Å². The molecule has 2 rings (SSSR count). The van der Waals surface area contributed by atoms with E-state index in [0.29, 0.717) is 31.6 Å². The third-order valence-corrected chi connectivity index (χ3v) is 3.89. The zero-order valence-corrected chi connectivity index (χ0v) is 13.1. The number of carbonyl (C=O) groups excluding carboxylic acids is 3. The van der Waals surface area contributed by atoms with Gasteiger partial charge in [-0.2, -0.15) is 0 Å². The van der Waals surface area contributed by atoms with Crippen molar-refractivity contribution in [1.29, 1.82) is 0 Å². The first-order valence-electron chi connectivity index (χ1n) is 7.41. The fourth-order valence-electron chi connectivity index (χ4n) is 2.51. The number of hydrogen-bond donors (Lipinski definition) is 1. The highest BCUT2D eigenvalue weighted by atomic mass is 16.5. The van der Waals surface area contributed by atoms with Crippen LogP contribution in [-0.4, -0.2) is 42.9 Å². The van der Waals surface area contributed by atoms with Crippen molar-refractivity contribution in [3.05, 3.63) is 48.0 Å². The fourth-order valence-corrected chi connectivity index (χ4v) is 2.51. The van der Waals surface area contributed by atoms with Crippen LogP contribution in [-0.2, 0) is 20.9 Å². The van der Waals surface area contributed by atoms with E-state index < -0.39 is 5.97 Å². The number of amides is 2. The third-order valence-electron chi connectivity index (χ3n) is 3.89. The molecule has 0 aromatic heterocycles. The van der Waals surface area contributed by atoms with Crippen molar-refractivity contribution >= 4 is 17.8 Å². The number of ether oxygens (including phenoxy) is 1. The fraction of sp³-hybridized carbons (Fsp3) is 0.353. The average molecular weight is 316 g/mol. The molecule has 1 aliphatic rings. The molecule has 1 heterocycles. The highest BCUT2D eigenvalue weighted by molar-refractivity contribution is 5.89. The summed E-state index contributed by atoms with van der Waals surface area (Å²) >= 11 is 0. The number of carbonyl (C=O) groups is 3. The van der Waals surface area contributed by atoms with Crippen molar-refractivity contribution in [1.82, 2.24) is 10.2 Å². The molecule has 1 aromatic carbocycles. The summed E-state index contributed by atoms with van der Waals surface area (Å²) in [6.45, 7) is 4.84. The lowest BCUT2D eigenvalue weighted by atomic mass is 10.1. The minimum Gasteiger partial charge on any atom is -0.465 e. The van der Waals surface area contributed by atoms with Crippen LogP contribution in [0.25, 0.3) is 0 Å². The van der Waals surface area contributed by atoms with Crippen molar-refractivity contribution in [2.75, 3.05) is 20.2 Å². The van der Waals surface area contributed by atoms with Crippen LogP contribution in [0.2, 0.25) is 0 Å². The summed E-state index contributed by atoms with van der Waals surface area (Å²) in [5.41, 5.74) is 1.36. The van der Waals surface area contributed by atoms with Crippen LogP contribution in [0.3, 0.4) is 0 Å². The number of esters is 1. The first kappa shape index (κ1) is 16.7. The van der Waals surface area contributed by atoms with E-state index in [0.717, 1.165) is 5.56 Å². The van der Waals surface area contributed by atoms with E-state index in [9.17, 15) is 14.4 Å². The summed E-state index contributed by atoms with van der Waals surface area (Å²) in [5.74, 6) is -0.785. The number of likely N-dealkylation sites (tertiary alicyclic amines) is 1. The molecule has 0 saturated carbocycles. The Bertz CT molecular complexity index is 610. The van der Waals surface area contributed by atoms with Gasteiger partial charge in [-0.1, -0.05) is 18.7 Å². The minimum atomic E-state index is -0.390. The van der Waals surface area contributed by atoms with Gasteiger partial charge in [-0.15, -0.1) is 0 Å². The molecule has 1 fully saturated rings. The molecule has 2 amide bonds. The number of rotatable bonds is 5. The smallest absolute Gasteiger partial charge is 0.337 e. The zero-order chi connectivity index (χ0) is 16.8. The SMILES string of the molecule is C=CC(=O)N1CCC(C(=O)NCc2ccc(C(=O)OC)cc2)C1. The lowest BCUT2D eigenvalue weighted by Gasteiger charge is -2.14. The third kappa shape index (κ3) is 4.18. The van der Waals surface area contributed by atoms with Gasteiger partial charge in [0.1, 0.15) is 0 Å². The summed E-state index contributed by atoms with van der Waals surface area (Å²) < 4.78 is 4.63. The molecule has 122 valence electrons. The molecule has 0 radical (unpaired) electrons. The van der Waals surface area contributed by atoms with Crippen LogP contribution in [0, 0.1) is 5.92 Å². The normalized spacial score (nSPS) is 16.7. The van der Waals surface area contributed by atoms with Crippen LogP contribution >= 0.6 is 0 Å². The maximum absolute atomic E-state index is 12.1. The first-order valence-corrected chi connectivity index (χ1v) is 7.41. The van der Waals surface area contributed by atoms with Crippen molar-refractivity contribution in [2.24, 2.45) is 5.92 Å². The minimum absolute atomic E-state index is 0.0681. The molecule has 1 aromatic rings. The Morgan fingerprint density at radius 1 is 1.35 bits per heavy atom. The summed E-state index contributed by atoms with van der Waals surface area (Å²) in [7, 11) is 1.33. The quantitative estimate of drug-likeness (QED) is 0.652. The highest BCUT2D eigenvalue weighted by Gasteiger charge is 2.29. The highest BCUT2D eigenvalue weighted by Crippen LogP contribution is 2.17. The second-order valence-corrected chi connectivity index (χ2v) is 5.38.